The molecule has 10 nitrogen and oxygen atoms in total. The molecule has 1 atom stereocenters. The quantitative estimate of drug-likeness (QED) is 0.261. The fourth-order valence-electron chi connectivity index (χ4n) is 2.45. The van der Waals surface area contributed by atoms with Crippen LogP contribution < -0.4 is 15.4 Å². The number of hydrogen-bond acceptors (Lipinski definition) is 8. The molecule has 1 amide bonds. The fourth-order valence-corrected chi connectivity index (χ4v) is 2.45. The number of carbonyl (C=O) groups is 2. The second-order valence-corrected chi connectivity index (χ2v) is 6.17. The van der Waals surface area contributed by atoms with Crippen LogP contribution in [0.4, 0.5) is 17.1 Å². The monoisotopic (exact) mass is 417 g/mol. The zero-order valence-electron chi connectivity index (χ0n) is 16.8. The molecule has 0 aliphatic rings. The van der Waals surface area contributed by atoms with E-state index in [0.717, 1.165) is 6.07 Å². The van der Waals surface area contributed by atoms with Gasteiger partial charge in [-0.1, -0.05) is 0 Å². The van der Waals surface area contributed by atoms with Gasteiger partial charge in [-0.3, -0.25) is 14.9 Å². The van der Waals surface area contributed by atoms with E-state index in [2.05, 4.69) is 10.6 Å². The van der Waals surface area contributed by atoms with E-state index in [1.807, 2.05) is 0 Å². The van der Waals surface area contributed by atoms with Gasteiger partial charge in [-0.05, 0) is 37.3 Å². The van der Waals surface area contributed by atoms with Crippen LogP contribution in [0.15, 0.2) is 42.5 Å². The summed E-state index contributed by atoms with van der Waals surface area (Å²) >= 11 is 0. The minimum atomic E-state index is -1.13. The second kappa shape index (κ2) is 10.8. The third kappa shape index (κ3) is 6.17. The first kappa shape index (κ1) is 22.6. The van der Waals surface area contributed by atoms with Crippen molar-refractivity contribution in [1.29, 1.82) is 0 Å². The molecule has 10 heteroatoms. The molecule has 0 fully saturated rings. The largest absolute Gasteiger partial charge is 0.497 e. The number of anilines is 2. The molecule has 2 aromatic rings. The summed E-state index contributed by atoms with van der Waals surface area (Å²) in [5.74, 6) is -0.782. The van der Waals surface area contributed by atoms with Crippen LogP contribution in [-0.2, 0) is 14.3 Å². The van der Waals surface area contributed by atoms with Gasteiger partial charge in [0.1, 0.15) is 5.75 Å². The number of ether oxygens (including phenoxy) is 3. The van der Waals surface area contributed by atoms with Crippen LogP contribution in [0.1, 0.15) is 17.3 Å². The van der Waals surface area contributed by atoms with Gasteiger partial charge in [-0.25, -0.2) is 4.79 Å². The standard InChI is InChI=1S/C20H23N3O7/c1-13(19(24)22-14-4-7-16(29-3)8-5-14)30-20(25)17-12-15(23(26)27)6-9-18(17)21-10-11-28-2/h4-9,12-13,21H,10-11H2,1-3H3,(H,22,24)/t13-/m0/s1. The Morgan fingerprint density at radius 3 is 2.43 bits per heavy atom. The van der Waals surface area contributed by atoms with Gasteiger partial charge >= 0.3 is 5.97 Å². The van der Waals surface area contributed by atoms with Gasteiger partial charge in [-0.2, -0.15) is 0 Å². The molecule has 0 aromatic heterocycles. The maximum Gasteiger partial charge on any atom is 0.341 e. The van der Waals surface area contributed by atoms with Crippen molar-refractivity contribution >= 4 is 28.9 Å². The van der Waals surface area contributed by atoms with Crippen molar-refractivity contribution in [3.63, 3.8) is 0 Å². The predicted molar refractivity (Wildman–Crippen MR) is 110 cm³/mol. The van der Waals surface area contributed by atoms with Gasteiger partial charge in [0.15, 0.2) is 6.10 Å². The molecular weight excluding hydrogens is 394 g/mol. The molecular formula is C20H23N3O7. The van der Waals surface area contributed by atoms with Gasteiger partial charge in [-0.15, -0.1) is 0 Å². The van der Waals surface area contributed by atoms with E-state index in [0.29, 0.717) is 30.3 Å². The number of benzene rings is 2. The Morgan fingerprint density at radius 1 is 1.13 bits per heavy atom. The smallest absolute Gasteiger partial charge is 0.341 e. The van der Waals surface area contributed by atoms with E-state index in [4.69, 9.17) is 14.2 Å². The summed E-state index contributed by atoms with van der Waals surface area (Å²) in [5, 5.41) is 16.6. The average Bonchev–Trinajstić information content (AvgIpc) is 2.74. The van der Waals surface area contributed by atoms with E-state index in [1.54, 1.807) is 24.3 Å². The summed E-state index contributed by atoms with van der Waals surface area (Å²) in [6.45, 7) is 2.15. The molecule has 0 heterocycles. The predicted octanol–water partition coefficient (Wildman–Crippen LogP) is 2.85. The van der Waals surface area contributed by atoms with Crippen LogP contribution in [-0.4, -0.2) is 50.3 Å². The van der Waals surface area contributed by atoms with Crippen LogP contribution in [0.2, 0.25) is 0 Å². The zero-order valence-corrected chi connectivity index (χ0v) is 16.8. The van der Waals surface area contributed by atoms with Gasteiger partial charge in [0.25, 0.3) is 11.6 Å². The Labute approximate surface area is 173 Å². The van der Waals surface area contributed by atoms with Gasteiger partial charge in [0.2, 0.25) is 0 Å². The van der Waals surface area contributed by atoms with Crippen LogP contribution >= 0.6 is 0 Å². The molecule has 0 bridgehead atoms. The third-order valence-corrected chi connectivity index (χ3v) is 4.07. The van der Waals surface area contributed by atoms with Gasteiger partial charge in [0, 0.05) is 37.2 Å². The van der Waals surface area contributed by atoms with Crippen molar-refractivity contribution in [3.8, 4) is 5.75 Å². The number of nitro groups is 1. The molecule has 0 radical (unpaired) electrons. The topological polar surface area (TPSA) is 129 Å². The Morgan fingerprint density at radius 2 is 1.83 bits per heavy atom. The van der Waals surface area contributed by atoms with E-state index < -0.39 is 22.9 Å². The number of amides is 1. The van der Waals surface area contributed by atoms with Crippen molar-refractivity contribution in [1.82, 2.24) is 0 Å². The molecule has 0 spiro atoms. The molecule has 2 rings (SSSR count). The highest BCUT2D eigenvalue weighted by molar-refractivity contribution is 6.00. The molecule has 160 valence electrons. The molecule has 0 unspecified atom stereocenters. The van der Waals surface area contributed by atoms with E-state index >= 15 is 0 Å². The minimum Gasteiger partial charge on any atom is -0.497 e. The number of methoxy groups -OCH3 is 2. The summed E-state index contributed by atoms with van der Waals surface area (Å²) < 4.78 is 15.2. The number of nitrogens with one attached hydrogen (secondary N) is 2. The van der Waals surface area contributed by atoms with Crippen LogP contribution in [0.3, 0.4) is 0 Å². The second-order valence-electron chi connectivity index (χ2n) is 6.17. The number of nitrogens with zero attached hydrogens (tertiary/aromatic N) is 1. The molecule has 0 aliphatic carbocycles. The minimum absolute atomic E-state index is 0.0515. The lowest BCUT2D eigenvalue weighted by Gasteiger charge is -2.16. The highest BCUT2D eigenvalue weighted by Crippen LogP contribution is 2.24. The summed E-state index contributed by atoms with van der Waals surface area (Å²) in [6.07, 6.45) is -1.13. The highest BCUT2D eigenvalue weighted by atomic mass is 16.6. The number of carbonyl (C=O) groups excluding carboxylic acids is 2. The number of nitro benzene ring substituents is 1. The average molecular weight is 417 g/mol. The lowest BCUT2D eigenvalue weighted by atomic mass is 10.1. The molecule has 0 aliphatic heterocycles. The summed E-state index contributed by atoms with van der Waals surface area (Å²) in [6, 6.07) is 10.4. The Kier molecular flexibility index (Phi) is 8.12. The van der Waals surface area contributed by atoms with E-state index in [-0.39, 0.29) is 11.3 Å². The van der Waals surface area contributed by atoms with Crippen molar-refractivity contribution in [2.45, 2.75) is 13.0 Å². The summed E-state index contributed by atoms with van der Waals surface area (Å²) in [4.78, 5) is 35.4. The molecule has 0 saturated heterocycles. The van der Waals surface area contributed by atoms with Crippen LogP contribution in [0, 0.1) is 10.1 Å². The number of esters is 1. The fraction of sp³-hybridized carbons (Fsp3) is 0.300. The third-order valence-electron chi connectivity index (χ3n) is 4.07. The molecule has 0 saturated carbocycles. The van der Waals surface area contributed by atoms with Crippen molar-refractivity contribution < 1.29 is 28.7 Å². The van der Waals surface area contributed by atoms with E-state index in [1.165, 1.54) is 33.3 Å². The van der Waals surface area contributed by atoms with Crippen molar-refractivity contribution in [3.05, 3.63) is 58.1 Å². The first-order valence-electron chi connectivity index (χ1n) is 9.03. The Bertz CT molecular complexity index is 900. The Hall–Kier alpha value is -3.66. The van der Waals surface area contributed by atoms with Gasteiger partial charge in [0.05, 0.1) is 24.2 Å². The molecule has 2 aromatic carbocycles. The summed E-state index contributed by atoms with van der Waals surface area (Å²) in [5.41, 5.74) is 0.519. The number of non-ortho nitro benzene ring substituents is 1. The van der Waals surface area contributed by atoms with Crippen molar-refractivity contribution in [2.24, 2.45) is 0 Å². The first-order chi connectivity index (χ1) is 14.3. The van der Waals surface area contributed by atoms with Crippen LogP contribution in [0.5, 0.6) is 5.75 Å². The first-order valence-corrected chi connectivity index (χ1v) is 9.03. The summed E-state index contributed by atoms with van der Waals surface area (Å²) in [7, 11) is 3.05. The normalized spacial score (nSPS) is 11.3. The number of hydrogen-bond donors (Lipinski definition) is 2. The number of rotatable bonds is 10. The van der Waals surface area contributed by atoms with Gasteiger partial charge < -0.3 is 24.8 Å². The maximum atomic E-state index is 12.6. The maximum absolute atomic E-state index is 12.6. The highest BCUT2D eigenvalue weighted by Gasteiger charge is 2.23. The lowest BCUT2D eigenvalue weighted by molar-refractivity contribution is -0.384. The van der Waals surface area contributed by atoms with Crippen molar-refractivity contribution in [2.75, 3.05) is 38.0 Å². The van der Waals surface area contributed by atoms with Crippen LogP contribution in [0.25, 0.3) is 0 Å². The molecule has 2 N–H and O–H groups in total. The lowest BCUT2D eigenvalue weighted by Crippen LogP contribution is -2.30. The molecule has 30 heavy (non-hydrogen) atoms. The Balaban J connectivity index is 2.10. The SMILES string of the molecule is COCCNc1ccc([N+](=O)[O-])cc1C(=O)O[C@@H](C)C(=O)Nc1ccc(OC)cc1. The van der Waals surface area contributed by atoms with E-state index in [9.17, 15) is 19.7 Å². The zero-order chi connectivity index (χ0) is 22.1.